The van der Waals surface area contributed by atoms with Crippen LogP contribution >= 0.6 is 0 Å². The molecule has 5 rings (SSSR count). The number of alkyl carbamates (subject to hydrolysis) is 1. The van der Waals surface area contributed by atoms with Crippen LogP contribution in [0.4, 0.5) is 16.7 Å². The van der Waals surface area contributed by atoms with Crippen molar-refractivity contribution in [1.82, 2.24) is 24.6 Å². The standard InChI is InChI=1S/C30H39N7O7S/c1-18(2)15-37(45(40,41)21-10-8-20(9-11-21)26-34-28(31)36-29(32)35-26)16-24(38)23(14-19-6-4-3-5-7-19)33-30(39)44-25-17-43-27-22(25)12-13-42-27/h3-11,18,22-25,27,38H,12-17H2,1-2H3,(H,33,39)(H4,31,32,34,35,36)/t22-,23-,24+,25-,27+/m0/s1. The number of nitrogens with zero attached hydrogens (tertiary/aromatic N) is 4. The Kier molecular flexibility index (Phi) is 10.1. The second-order valence-electron chi connectivity index (χ2n) is 11.6. The van der Waals surface area contributed by atoms with Crippen LogP contribution in [0.15, 0.2) is 59.5 Å². The molecule has 3 heterocycles. The van der Waals surface area contributed by atoms with Crippen LogP contribution in [-0.2, 0) is 30.7 Å². The number of rotatable bonds is 12. The van der Waals surface area contributed by atoms with Gasteiger partial charge in [-0.05, 0) is 48.6 Å². The highest BCUT2D eigenvalue weighted by atomic mass is 32.2. The van der Waals surface area contributed by atoms with Gasteiger partial charge in [0.15, 0.2) is 12.1 Å². The summed E-state index contributed by atoms with van der Waals surface area (Å²) in [5.74, 6) is -0.00685. The molecule has 2 aromatic carbocycles. The van der Waals surface area contributed by atoms with Crippen molar-refractivity contribution in [1.29, 1.82) is 0 Å². The Labute approximate surface area is 262 Å². The molecule has 2 saturated heterocycles. The average molecular weight is 642 g/mol. The highest BCUT2D eigenvalue weighted by molar-refractivity contribution is 7.89. The summed E-state index contributed by atoms with van der Waals surface area (Å²) in [6.45, 7) is 4.39. The molecule has 0 aliphatic carbocycles. The van der Waals surface area contributed by atoms with E-state index in [0.29, 0.717) is 12.2 Å². The van der Waals surface area contributed by atoms with E-state index in [1.807, 2.05) is 44.2 Å². The first-order chi connectivity index (χ1) is 21.5. The van der Waals surface area contributed by atoms with Crippen molar-refractivity contribution in [3.05, 3.63) is 60.2 Å². The van der Waals surface area contributed by atoms with Gasteiger partial charge in [-0.3, -0.25) is 0 Å². The molecule has 2 aliphatic rings. The third-order valence-corrected chi connectivity index (χ3v) is 9.54. The predicted octanol–water partition coefficient (Wildman–Crippen LogP) is 1.81. The lowest BCUT2D eigenvalue weighted by atomic mass is 10.0. The van der Waals surface area contributed by atoms with Crippen LogP contribution in [0.2, 0.25) is 0 Å². The molecule has 0 spiro atoms. The zero-order chi connectivity index (χ0) is 32.1. The van der Waals surface area contributed by atoms with E-state index < -0.39 is 34.4 Å². The smallest absolute Gasteiger partial charge is 0.407 e. The molecular weight excluding hydrogens is 602 g/mol. The number of aliphatic hydroxyl groups excluding tert-OH is 1. The van der Waals surface area contributed by atoms with Gasteiger partial charge in [0.05, 0.1) is 36.2 Å². The van der Waals surface area contributed by atoms with E-state index in [-0.39, 0.29) is 66.9 Å². The number of aromatic nitrogens is 3. The van der Waals surface area contributed by atoms with E-state index in [1.54, 1.807) is 12.1 Å². The van der Waals surface area contributed by atoms with E-state index in [2.05, 4.69) is 20.3 Å². The molecule has 2 fully saturated rings. The highest BCUT2D eigenvalue weighted by Crippen LogP contribution is 2.33. The van der Waals surface area contributed by atoms with Gasteiger partial charge in [0, 0.05) is 18.7 Å². The van der Waals surface area contributed by atoms with Crippen molar-refractivity contribution >= 4 is 28.0 Å². The average Bonchev–Trinajstić information content (AvgIpc) is 3.61. The molecule has 242 valence electrons. The molecule has 5 atom stereocenters. The first-order valence-corrected chi connectivity index (χ1v) is 16.2. The lowest BCUT2D eigenvalue weighted by Gasteiger charge is -2.31. The van der Waals surface area contributed by atoms with Crippen molar-refractivity contribution < 1.29 is 32.5 Å². The Morgan fingerprint density at radius 1 is 1.04 bits per heavy atom. The number of nitrogen functional groups attached to an aromatic ring is 2. The summed E-state index contributed by atoms with van der Waals surface area (Å²) in [5, 5.41) is 14.3. The van der Waals surface area contributed by atoms with Gasteiger partial charge in [-0.25, -0.2) is 13.2 Å². The molecule has 6 N–H and O–H groups in total. The lowest BCUT2D eigenvalue weighted by molar-refractivity contribution is -0.0907. The van der Waals surface area contributed by atoms with Gasteiger partial charge in [0.2, 0.25) is 21.9 Å². The third-order valence-electron chi connectivity index (χ3n) is 7.69. The zero-order valence-electron chi connectivity index (χ0n) is 25.2. The number of nitrogens with one attached hydrogen (secondary N) is 1. The molecule has 1 aromatic heterocycles. The molecule has 15 heteroatoms. The molecule has 45 heavy (non-hydrogen) atoms. The maximum atomic E-state index is 13.9. The molecule has 0 radical (unpaired) electrons. The Hall–Kier alpha value is -3.89. The van der Waals surface area contributed by atoms with Crippen molar-refractivity contribution in [2.24, 2.45) is 11.8 Å². The Morgan fingerprint density at radius 3 is 2.40 bits per heavy atom. The number of anilines is 2. The Bertz CT molecular complexity index is 1540. The van der Waals surface area contributed by atoms with E-state index >= 15 is 0 Å². The molecular formula is C30H39N7O7S. The van der Waals surface area contributed by atoms with Crippen LogP contribution in [0, 0.1) is 11.8 Å². The molecule has 3 aromatic rings. The summed E-state index contributed by atoms with van der Waals surface area (Å²) < 4.78 is 45.8. The van der Waals surface area contributed by atoms with Gasteiger partial charge in [-0.2, -0.15) is 19.3 Å². The van der Waals surface area contributed by atoms with Gasteiger partial charge in [-0.1, -0.05) is 44.2 Å². The minimum atomic E-state index is -4.07. The van der Waals surface area contributed by atoms with Crippen molar-refractivity contribution in [2.45, 2.75) is 56.1 Å². The van der Waals surface area contributed by atoms with Crippen LogP contribution in [0.3, 0.4) is 0 Å². The van der Waals surface area contributed by atoms with Gasteiger partial charge < -0.3 is 36.1 Å². The van der Waals surface area contributed by atoms with Crippen LogP contribution in [0.1, 0.15) is 25.8 Å². The molecule has 0 bridgehead atoms. The first-order valence-electron chi connectivity index (χ1n) is 14.8. The van der Waals surface area contributed by atoms with Gasteiger partial charge in [0.25, 0.3) is 0 Å². The van der Waals surface area contributed by atoms with Crippen molar-refractivity contribution in [3.8, 4) is 11.4 Å². The quantitative estimate of drug-likeness (QED) is 0.223. The minimum absolute atomic E-state index is 0.00986. The summed E-state index contributed by atoms with van der Waals surface area (Å²) in [7, 11) is -4.07. The molecule has 0 unspecified atom stereocenters. The number of hydrogen-bond acceptors (Lipinski definition) is 12. The monoisotopic (exact) mass is 641 g/mol. The van der Waals surface area contributed by atoms with Crippen LogP contribution in [0.25, 0.3) is 11.4 Å². The summed E-state index contributed by atoms with van der Waals surface area (Å²) in [6, 6.07) is 14.4. The number of carbonyl (C=O) groups excluding carboxylic acids is 1. The largest absolute Gasteiger partial charge is 0.443 e. The molecule has 14 nitrogen and oxygen atoms in total. The number of nitrogens with two attached hydrogens (primary N) is 2. The van der Waals surface area contributed by atoms with Crippen molar-refractivity contribution in [2.75, 3.05) is 37.8 Å². The Balaban J connectivity index is 1.34. The van der Waals surface area contributed by atoms with Crippen LogP contribution < -0.4 is 16.8 Å². The van der Waals surface area contributed by atoms with Gasteiger partial charge in [-0.15, -0.1) is 0 Å². The Morgan fingerprint density at radius 2 is 1.73 bits per heavy atom. The van der Waals surface area contributed by atoms with E-state index in [1.165, 1.54) is 16.4 Å². The first kappa shape index (κ1) is 32.5. The number of fused-ring (bicyclic) bond motifs is 1. The van der Waals surface area contributed by atoms with E-state index in [0.717, 1.165) is 12.0 Å². The molecule has 0 saturated carbocycles. The predicted molar refractivity (Wildman–Crippen MR) is 165 cm³/mol. The molecule has 1 amide bonds. The molecule has 2 aliphatic heterocycles. The summed E-state index contributed by atoms with van der Waals surface area (Å²) in [4.78, 5) is 24.9. The fraction of sp³-hybridized carbons (Fsp3) is 0.467. The van der Waals surface area contributed by atoms with E-state index in [9.17, 15) is 18.3 Å². The number of benzene rings is 2. The lowest BCUT2D eigenvalue weighted by Crippen LogP contribution is -2.51. The second-order valence-corrected chi connectivity index (χ2v) is 13.5. The third kappa shape index (κ3) is 8.04. The fourth-order valence-corrected chi connectivity index (χ4v) is 7.12. The number of sulfonamides is 1. The number of amides is 1. The summed E-state index contributed by atoms with van der Waals surface area (Å²) in [6.07, 6.45) is -1.88. The number of ether oxygens (including phenoxy) is 3. The van der Waals surface area contributed by atoms with Crippen LogP contribution in [-0.4, -0.2) is 89.7 Å². The maximum absolute atomic E-state index is 13.9. The van der Waals surface area contributed by atoms with E-state index in [4.69, 9.17) is 25.7 Å². The normalized spacial score (nSPS) is 21.0. The second kappa shape index (κ2) is 14.0. The van der Waals surface area contributed by atoms with Gasteiger partial charge in [0.1, 0.15) is 6.10 Å². The van der Waals surface area contributed by atoms with Crippen molar-refractivity contribution in [3.63, 3.8) is 0 Å². The maximum Gasteiger partial charge on any atom is 0.407 e. The summed E-state index contributed by atoms with van der Waals surface area (Å²) >= 11 is 0. The highest BCUT2D eigenvalue weighted by Gasteiger charge is 2.44. The van der Waals surface area contributed by atoms with Crippen LogP contribution in [0.5, 0.6) is 0 Å². The van der Waals surface area contributed by atoms with Gasteiger partial charge >= 0.3 is 6.09 Å². The topological polar surface area (TPSA) is 205 Å². The fourth-order valence-electron chi connectivity index (χ4n) is 5.50. The number of aliphatic hydroxyl groups is 1. The number of hydrogen-bond donors (Lipinski definition) is 4. The SMILES string of the molecule is CC(C)CN(C[C@@H](O)[C@H](Cc1ccccc1)NC(=O)O[C@H]1CO[C@H]2OCC[C@H]21)S(=O)(=O)c1ccc(-c2nc(N)nc(N)n2)cc1. The number of carbonyl (C=O) groups is 1. The zero-order valence-corrected chi connectivity index (χ0v) is 26.0. The summed E-state index contributed by atoms with van der Waals surface area (Å²) in [5.41, 5.74) is 12.7. The minimum Gasteiger partial charge on any atom is -0.443 e.